The van der Waals surface area contributed by atoms with Crippen molar-refractivity contribution < 1.29 is 28.7 Å². The third-order valence-corrected chi connectivity index (χ3v) is 16.3. The summed E-state index contributed by atoms with van der Waals surface area (Å²) in [6, 6.07) is 49.0. The van der Waals surface area contributed by atoms with Crippen LogP contribution in [0.2, 0.25) is 0 Å². The minimum atomic E-state index is -1.08. The zero-order valence-corrected chi connectivity index (χ0v) is 37.7. The number of ether oxygens (including phenoxy) is 2. The third kappa shape index (κ3) is 8.08. The highest BCUT2D eigenvalue weighted by Crippen LogP contribution is 2.56. The van der Waals surface area contributed by atoms with E-state index in [4.69, 9.17) is 19.3 Å². The fourth-order valence-electron chi connectivity index (χ4n) is 9.12. The van der Waals surface area contributed by atoms with Gasteiger partial charge < -0.3 is 29.8 Å². The second-order valence-electron chi connectivity index (χ2n) is 15.9. The van der Waals surface area contributed by atoms with E-state index >= 15 is 0 Å². The van der Waals surface area contributed by atoms with E-state index in [1.807, 2.05) is 122 Å². The molecule has 3 aliphatic rings. The van der Waals surface area contributed by atoms with Gasteiger partial charge in [-0.3, -0.25) is 14.4 Å². The van der Waals surface area contributed by atoms with Crippen molar-refractivity contribution in [3.63, 3.8) is 0 Å². The van der Waals surface area contributed by atoms with Gasteiger partial charge in [0, 0.05) is 24.4 Å². The molecule has 0 bridgehead atoms. The van der Waals surface area contributed by atoms with E-state index < -0.39 is 34.4 Å². The van der Waals surface area contributed by atoms with Crippen LogP contribution in [0.15, 0.2) is 162 Å². The molecule has 5 atom stereocenters. The fourth-order valence-corrected chi connectivity index (χ4v) is 13.0. The van der Waals surface area contributed by atoms with Crippen LogP contribution in [0.25, 0.3) is 0 Å². The van der Waals surface area contributed by atoms with Gasteiger partial charge in [0.2, 0.25) is 5.91 Å². The summed E-state index contributed by atoms with van der Waals surface area (Å²) in [6.07, 6.45) is 1.99. The minimum Gasteiger partial charge on any atom is -0.452 e. The summed E-state index contributed by atoms with van der Waals surface area (Å²) in [4.78, 5) is 55.3. The second kappa shape index (κ2) is 19.0. The number of carbonyl (C=O) groups excluding carboxylic acids is 3. The molecule has 11 nitrogen and oxygen atoms in total. The molecule has 4 unspecified atom stereocenters. The molecule has 9 rings (SSSR count). The minimum absolute atomic E-state index is 0.0705. The first kappa shape index (κ1) is 43.3. The number of oxime groups is 1. The normalized spacial score (nSPS) is 22.0. The van der Waals surface area contributed by atoms with Gasteiger partial charge in [-0.2, -0.15) is 0 Å². The molecule has 3 fully saturated rings. The molecule has 2 N–H and O–H groups in total. The van der Waals surface area contributed by atoms with Crippen LogP contribution in [0.5, 0.6) is 0 Å². The number of nitrogens with zero attached hydrogens (tertiary/aromatic N) is 3. The van der Waals surface area contributed by atoms with Gasteiger partial charge in [-0.15, -0.1) is 34.9 Å². The Kier molecular flexibility index (Phi) is 12.9. The molecule has 4 heterocycles. The first-order valence-electron chi connectivity index (χ1n) is 21.1. The van der Waals surface area contributed by atoms with Crippen LogP contribution in [-0.2, 0) is 34.2 Å². The molecule has 2 amide bonds. The number of nitrogens with one attached hydrogen (secondary N) is 2. The number of anilines is 1. The molecule has 0 radical (unpaired) electrons. The molecule has 64 heavy (non-hydrogen) atoms. The van der Waals surface area contributed by atoms with E-state index in [1.165, 1.54) is 30.2 Å². The molecule has 3 saturated heterocycles. The Hall–Kier alpha value is -5.93. The Morgan fingerprint density at radius 2 is 1.41 bits per heavy atom. The number of thiazole rings is 1. The number of esters is 1. The molecular weight excluding hydrogens is 863 g/mol. The molecule has 1 aromatic heterocycles. The van der Waals surface area contributed by atoms with Gasteiger partial charge in [-0.25, -0.2) is 4.98 Å². The van der Waals surface area contributed by atoms with E-state index in [-0.39, 0.29) is 40.3 Å². The number of aromatic nitrogens is 1. The Bertz CT molecular complexity index is 2450. The van der Waals surface area contributed by atoms with Crippen LogP contribution in [0.4, 0.5) is 5.13 Å². The lowest BCUT2D eigenvalue weighted by Crippen LogP contribution is -2.76. The molecule has 5 aromatic carbocycles. The van der Waals surface area contributed by atoms with Crippen molar-refractivity contribution in [2.45, 2.75) is 34.1 Å². The smallest absolute Gasteiger partial charge is 0.317 e. The number of amides is 2. The molecule has 14 heteroatoms. The third-order valence-electron chi connectivity index (χ3n) is 12.3. The van der Waals surface area contributed by atoms with Crippen molar-refractivity contribution in [2.24, 2.45) is 16.5 Å². The summed E-state index contributed by atoms with van der Waals surface area (Å²) in [7, 11) is 1.37. The van der Waals surface area contributed by atoms with E-state index in [9.17, 15) is 14.4 Å². The summed E-state index contributed by atoms with van der Waals surface area (Å²) in [5, 5.41) is 12.7. The number of benzene rings is 5. The quantitative estimate of drug-likeness (QED) is 0.0341. The highest BCUT2D eigenvalue weighted by atomic mass is 32.2. The second-order valence-corrected chi connectivity index (χ2v) is 19.2. The summed E-state index contributed by atoms with van der Waals surface area (Å²) in [5.41, 5.74) is 2.99. The van der Waals surface area contributed by atoms with Gasteiger partial charge in [0.1, 0.15) is 35.2 Å². The van der Waals surface area contributed by atoms with Gasteiger partial charge in [0.15, 0.2) is 16.9 Å². The number of thioether (sulfide) groups is 2. The molecule has 0 saturated carbocycles. The van der Waals surface area contributed by atoms with Crippen molar-refractivity contribution >= 4 is 63.5 Å². The van der Waals surface area contributed by atoms with Crippen molar-refractivity contribution in [3.05, 3.63) is 191 Å². The standard InChI is InChI=1S/C50H47N5O6S3/c1-59-54-40(39-31-63-48(51-39)53-50(35-22-12-5-13-23-35,36-24-14-6-15-25-36)37-26-16-7-17-27-37)43(56)52-41-44(57)55-32-49(38-28-29-60-30-38,47(62-2)64-45(41)55)46(58)61-42(33-18-8-3-9-19-33)34-20-10-4-11-21-34/h3-27,31,38,41-42,45,47H,28-30,32H2,1-2H3,(H,51,53)(H,52,56)/t38?,41?,45-,47?,49?/m1/s1. The van der Waals surface area contributed by atoms with Gasteiger partial charge in [0.05, 0.1) is 11.2 Å². The lowest BCUT2D eigenvalue weighted by atomic mass is 9.74. The van der Waals surface area contributed by atoms with E-state index in [0.29, 0.717) is 24.8 Å². The average molecular weight is 910 g/mol. The predicted molar refractivity (Wildman–Crippen MR) is 253 cm³/mol. The number of β-lactam (4-membered cyclic amide) rings is 1. The molecular formula is C50H47N5O6S3. The molecule has 3 aliphatic heterocycles. The number of hydrogen-bond donors (Lipinski definition) is 2. The SMILES string of the molecule is CON=C(C(=O)NC1C(=O)N2CC(C(=O)OC(c3ccccc3)c3ccccc3)(C3CCOC3)C(SC)S[C@H]12)c1csc(NC(c2ccccc2)(c2ccccc2)c2ccccc2)n1. The topological polar surface area (TPSA) is 131 Å². The van der Waals surface area contributed by atoms with Crippen LogP contribution in [-0.4, -0.2) is 82.5 Å². The van der Waals surface area contributed by atoms with E-state index in [1.54, 1.807) is 22.0 Å². The van der Waals surface area contributed by atoms with Gasteiger partial charge >= 0.3 is 5.97 Å². The van der Waals surface area contributed by atoms with Crippen LogP contribution in [0, 0.1) is 11.3 Å². The van der Waals surface area contributed by atoms with Crippen molar-refractivity contribution in [3.8, 4) is 0 Å². The molecule has 0 spiro atoms. The lowest BCUT2D eigenvalue weighted by Gasteiger charge is -2.58. The Morgan fingerprint density at radius 1 is 0.859 bits per heavy atom. The first-order valence-corrected chi connectivity index (χ1v) is 24.2. The summed E-state index contributed by atoms with van der Waals surface area (Å²) in [6.45, 7) is 1.03. The zero-order valence-electron chi connectivity index (χ0n) is 35.2. The number of carbonyl (C=O) groups is 3. The maximum absolute atomic E-state index is 15.0. The predicted octanol–water partition coefficient (Wildman–Crippen LogP) is 8.34. The zero-order chi connectivity index (χ0) is 44.1. The van der Waals surface area contributed by atoms with E-state index in [0.717, 1.165) is 27.8 Å². The van der Waals surface area contributed by atoms with Crippen molar-refractivity contribution in [1.82, 2.24) is 15.2 Å². The highest BCUT2D eigenvalue weighted by molar-refractivity contribution is 8.17. The van der Waals surface area contributed by atoms with Crippen LogP contribution in [0.3, 0.4) is 0 Å². The summed E-state index contributed by atoms with van der Waals surface area (Å²) < 4.78 is 12.2. The van der Waals surface area contributed by atoms with Crippen LogP contribution < -0.4 is 10.6 Å². The Labute approximate surface area is 385 Å². The number of fused-ring (bicyclic) bond motifs is 1. The largest absolute Gasteiger partial charge is 0.452 e. The summed E-state index contributed by atoms with van der Waals surface area (Å²) >= 11 is 4.40. The Balaban J connectivity index is 0.966. The van der Waals surface area contributed by atoms with E-state index in [2.05, 4.69) is 52.2 Å². The molecule has 6 aromatic rings. The number of hydrogen-bond acceptors (Lipinski definition) is 12. The molecule has 326 valence electrons. The van der Waals surface area contributed by atoms with Crippen molar-refractivity contribution in [2.75, 3.05) is 38.4 Å². The Morgan fingerprint density at radius 3 is 1.91 bits per heavy atom. The van der Waals surface area contributed by atoms with Gasteiger partial charge in [-0.1, -0.05) is 157 Å². The van der Waals surface area contributed by atoms with Crippen molar-refractivity contribution in [1.29, 1.82) is 0 Å². The molecule has 0 aliphatic carbocycles. The highest BCUT2D eigenvalue weighted by Gasteiger charge is 2.65. The fraction of sp³-hybridized carbons (Fsp3) is 0.260. The maximum Gasteiger partial charge on any atom is 0.317 e. The maximum atomic E-state index is 15.0. The van der Waals surface area contributed by atoms with Crippen LogP contribution in [0.1, 0.15) is 46.0 Å². The number of rotatable bonds is 15. The average Bonchev–Trinajstić information content (AvgIpc) is 4.08. The lowest BCUT2D eigenvalue weighted by molar-refractivity contribution is -0.170. The monoisotopic (exact) mass is 909 g/mol. The summed E-state index contributed by atoms with van der Waals surface area (Å²) in [5.74, 6) is -1.45. The van der Waals surface area contributed by atoms with Gasteiger partial charge in [0.25, 0.3) is 5.91 Å². The first-order chi connectivity index (χ1) is 31.4. The van der Waals surface area contributed by atoms with Gasteiger partial charge in [-0.05, 0) is 40.5 Å². The van der Waals surface area contributed by atoms with Crippen LogP contribution >= 0.6 is 34.9 Å².